The number of para-hydroxylation sites is 1. The number of Topliss-reactive ketones (excluding diaryl/α,β-unsaturated/α-hetero) is 1. The third kappa shape index (κ3) is 3.28. The van der Waals surface area contributed by atoms with Gasteiger partial charge in [-0.2, -0.15) is 0 Å². The van der Waals surface area contributed by atoms with E-state index in [1.54, 1.807) is 42.2 Å². The number of hydrogen-bond donors (Lipinski definition) is 1. The molecule has 5 heteroatoms. The molecule has 2 aromatic carbocycles. The van der Waals surface area contributed by atoms with Gasteiger partial charge in [0.05, 0.1) is 18.7 Å². The lowest BCUT2D eigenvalue weighted by atomic mass is 9.89. The number of aliphatic hydroxyl groups is 1. The van der Waals surface area contributed by atoms with Gasteiger partial charge < -0.3 is 14.4 Å². The summed E-state index contributed by atoms with van der Waals surface area (Å²) in [7, 11) is 0. The molecule has 2 heterocycles. The Morgan fingerprint density at radius 1 is 1.07 bits per heavy atom. The van der Waals surface area contributed by atoms with Crippen molar-refractivity contribution in [2.75, 3.05) is 4.90 Å². The fourth-order valence-corrected chi connectivity index (χ4v) is 3.88. The lowest BCUT2D eigenvalue weighted by Gasteiger charge is -2.23. The second-order valence-corrected chi connectivity index (χ2v) is 7.71. The number of aryl methyl sites for hydroxylation is 3. The molecule has 1 amide bonds. The Hall–Kier alpha value is -3.18. The zero-order valence-electron chi connectivity index (χ0n) is 16.7. The first-order chi connectivity index (χ1) is 13.8. The standard InChI is InChI=1S/C24H23NO4/c1-15-8-9-16(2)18(12-15)14-25-20-7-5-4-6-19(20)24(28,23(25)27)13-21(26)22-11-10-17(3)29-22/h4-12,28H,13-14H2,1-3H3/t24-/m1/s1. The molecule has 1 N–H and O–H groups in total. The van der Waals surface area contributed by atoms with E-state index in [1.807, 2.05) is 38.1 Å². The Labute approximate surface area is 169 Å². The van der Waals surface area contributed by atoms with Crippen molar-refractivity contribution in [3.8, 4) is 0 Å². The molecule has 0 spiro atoms. The number of ketones is 1. The van der Waals surface area contributed by atoms with E-state index in [4.69, 9.17) is 4.42 Å². The number of nitrogens with zero attached hydrogens (tertiary/aromatic N) is 1. The molecule has 148 valence electrons. The number of hydrogen-bond acceptors (Lipinski definition) is 4. The molecule has 0 aliphatic carbocycles. The molecular weight excluding hydrogens is 366 g/mol. The summed E-state index contributed by atoms with van der Waals surface area (Å²) in [4.78, 5) is 27.6. The molecule has 3 aromatic rings. The van der Waals surface area contributed by atoms with Crippen LogP contribution in [0, 0.1) is 20.8 Å². The molecule has 0 saturated heterocycles. The maximum Gasteiger partial charge on any atom is 0.264 e. The average Bonchev–Trinajstić information content (AvgIpc) is 3.21. The normalized spacial score (nSPS) is 18.2. The minimum absolute atomic E-state index is 0.147. The van der Waals surface area contributed by atoms with Crippen molar-refractivity contribution in [3.05, 3.63) is 88.4 Å². The highest BCUT2D eigenvalue weighted by Crippen LogP contribution is 2.43. The molecule has 1 aliphatic heterocycles. The molecule has 1 aromatic heterocycles. The van der Waals surface area contributed by atoms with E-state index in [0.717, 1.165) is 16.7 Å². The third-order valence-corrected chi connectivity index (χ3v) is 5.50. The van der Waals surface area contributed by atoms with Crippen molar-refractivity contribution >= 4 is 17.4 Å². The quantitative estimate of drug-likeness (QED) is 0.664. The van der Waals surface area contributed by atoms with Crippen LogP contribution < -0.4 is 4.90 Å². The Kier molecular flexibility index (Phi) is 4.63. The van der Waals surface area contributed by atoms with Gasteiger partial charge in [0.15, 0.2) is 11.4 Å². The summed E-state index contributed by atoms with van der Waals surface area (Å²) in [6, 6.07) is 16.4. The maximum atomic E-state index is 13.3. The van der Waals surface area contributed by atoms with Crippen molar-refractivity contribution in [1.82, 2.24) is 0 Å². The highest BCUT2D eigenvalue weighted by atomic mass is 16.3. The molecule has 1 atom stereocenters. The lowest BCUT2D eigenvalue weighted by Crippen LogP contribution is -2.41. The van der Waals surface area contributed by atoms with Crippen LogP contribution in [0.25, 0.3) is 0 Å². The van der Waals surface area contributed by atoms with Gasteiger partial charge in [-0.05, 0) is 50.1 Å². The molecule has 5 nitrogen and oxygen atoms in total. The average molecular weight is 389 g/mol. The predicted molar refractivity (Wildman–Crippen MR) is 110 cm³/mol. The topological polar surface area (TPSA) is 70.8 Å². The molecule has 0 bridgehead atoms. The van der Waals surface area contributed by atoms with Crippen LogP contribution in [0.2, 0.25) is 0 Å². The second kappa shape index (κ2) is 7.01. The minimum atomic E-state index is -1.91. The number of amides is 1. The van der Waals surface area contributed by atoms with Crippen molar-refractivity contribution < 1.29 is 19.1 Å². The van der Waals surface area contributed by atoms with E-state index >= 15 is 0 Å². The molecule has 0 saturated carbocycles. The van der Waals surface area contributed by atoms with Crippen molar-refractivity contribution in [3.63, 3.8) is 0 Å². The van der Waals surface area contributed by atoms with Crippen molar-refractivity contribution in [1.29, 1.82) is 0 Å². The van der Waals surface area contributed by atoms with E-state index in [1.165, 1.54) is 0 Å². The van der Waals surface area contributed by atoms with Crippen LogP contribution >= 0.6 is 0 Å². The summed E-state index contributed by atoms with van der Waals surface area (Å²) < 4.78 is 5.39. The first-order valence-corrected chi connectivity index (χ1v) is 9.59. The van der Waals surface area contributed by atoms with Gasteiger partial charge >= 0.3 is 0 Å². The van der Waals surface area contributed by atoms with Gasteiger partial charge in [-0.3, -0.25) is 9.59 Å². The first kappa shape index (κ1) is 19.2. The van der Waals surface area contributed by atoms with Crippen LogP contribution in [-0.4, -0.2) is 16.8 Å². The Morgan fingerprint density at radius 2 is 1.83 bits per heavy atom. The second-order valence-electron chi connectivity index (χ2n) is 7.71. The van der Waals surface area contributed by atoms with Crippen LogP contribution in [0.5, 0.6) is 0 Å². The fourth-order valence-electron chi connectivity index (χ4n) is 3.88. The van der Waals surface area contributed by atoms with Crippen LogP contribution in [0.1, 0.15) is 45.0 Å². The van der Waals surface area contributed by atoms with E-state index in [0.29, 0.717) is 23.6 Å². The minimum Gasteiger partial charge on any atom is -0.458 e. The van der Waals surface area contributed by atoms with Gasteiger partial charge in [-0.25, -0.2) is 0 Å². The highest BCUT2D eigenvalue weighted by molar-refractivity contribution is 6.10. The first-order valence-electron chi connectivity index (χ1n) is 9.59. The molecule has 0 fully saturated rings. The summed E-state index contributed by atoms with van der Waals surface area (Å²) in [5.74, 6) is -0.141. The maximum absolute atomic E-state index is 13.3. The van der Waals surface area contributed by atoms with Crippen LogP contribution in [0.3, 0.4) is 0 Å². The third-order valence-electron chi connectivity index (χ3n) is 5.50. The van der Waals surface area contributed by atoms with Gasteiger partial charge in [-0.1, -0.05) is 42.0 Å². The van der Waals surface area contributed by atoms with Gasteiger partial charge in [0.2, 0.25) is 5.78 Å². The van der Waals surface area contributed by atoms with Gasteiger partial charge in [0, 0.05) is 5.56 Å². The molecule has 0 radical (unpaired) electrons. The number of fused-ring (bicyclic) bond motifs is 1. The number of rotatable bonds is 5. The number of furan rings is 1. The molecular formula is C24H23NO4. The molecule has 29 heavy (non-hydrogen) atoms. The van der Waals surface area contributed by atoms with Crippen LogP contribution in [-0.2, 0) is 16.9 Å². The summed E-state index contributed by atoms with van der Waals surface area (Å²) in [5, 5.41) is 11.4. The summed E-state index contributed by atoms with van der Waals surface area (Å²) in [5.41, 5.74) is 2.34. The number of anilines is 1. The van der Waals surface area contributed by atoms with E-state index in [2.05, 4.69) is 0 Å². The van der Waals surface area contributed by atoms with E-state index < -0.39 is 17.3 Å². The van der Waals surface area contributed by atoms with Crippen molar-refractivity contribution in [2.45, 2.75) is 39.3 Å². The lowest BCUT2D eigenvalue weighted by molar-refractivity contribution is -0.136. The molecule has 4 rings (SSSR count). The van der Waals surface area contributed by atoms with Gasteiger partial charge in [-0.15, -0.1) is 0 Å². The van der Waals surface area contributed by atoms with Crippen LogP contribution in [0.15, 0.2) is 59.0 Å². The monoisotopic (exact) mass is 389 g/mol. The predicted octanol–water partition coefficient (Wildman–Crippen LogP) is 4.21. The van der Waals surface area contributed by atoms with Crippen molar-refractivity contribution in [2.24, 2.45) is 0 Å². The van der Waals surface area contributed by atoms with Crippen LogP contribution in [0.4, 0.5) is 5.69 Å². The van der Waals surface area contributed by atoms with Gasteiger partial charge in [0.1, 0.15) is 5.76 Å². The van der Waals surface area contributed by atoms with Gasteiger partial charge in [0.25, 0.3) is 5.91 Å². The number of carbonyl (C=O) groups excluding carboxylic acids is 2. The van der Waals surface area contributed by atoms with E-state index in [-0.39, 0.29) is 12.2 Å². The highest BCUT2D eigenvalue weighted by Gasteiger charge is 2.51. The summed E-state index contributed by atoms with van der Waals surface area (Å²) >= 11 is 0. The zero-order valence-corrected chi connectivity index (χ0v) is 16.7. The zero-order chi connectivity index (χ0) is 20.8. The Morgan fingerprint density at radius 3 is 2.55 bits per heavy atom. The Balaban J connectivity index is 1.70. The summed E-state index contributed by atoms with van der Waals surface area (Å²) in [6.07, 6.45) is -0.362. The molecule has 1 aliphatic rings. The summed E-state index contributed by atoms with van der Waals surface area (Å²) in [6.45, 7) is 6.08. The smallest absolute Gasteiger partial charge is 0.264 e. The fraction of sp³-hybridized carbons (Fsp3) is 0.250. The number of benzene rings is 2. The SMILES string of the molecule is Cc1ccc(C)c(CN2C(=O)[C@@](O)(CC(=O)c3ccc(C)o3)c3ccccc32)c1. The Bertz CT molecular complexity index is 1110. The molecule has 0 unspecified atom stereocenters. The largest absolute Gasteiger partial charge is 0.458 e. The van der Waals surface area contributed by atoms with E-state index in [9.17, 15) is 14.7 Å². The number of carbonyl (C=O) groups is 2.